The van der Waals surface area contributed by atoms with E-state index in [1.54, 1.807) is 18.2 Å². The van der Waals surface area contributed by atoms with Gasteiger partial charge in [0, 0.05) is 44.8 Å². The zero-order chi connectivity index (χ0) is 23.3. The van der Waals surface area contributed by atoms with Crippen molar-refractivity contribution in [2.24, 2.45) is 0 Å². The van der Waals surface area contributed by atoms with Gasteiger partial charge >= 0.3 is 0 Å². The molecule has 34 heavy (non-hydrogen) atoms. The van der Waals surface area contributed by atoms with Crippen molar-refractivity contribution in [1.29, 1.82) is 0 Å². The van der Waals surface area contributed by atoms with Crippen LogP contribution in [0.2, 0.25) is 0 Å². The van der Waals surface area contributed by atoms with E-state index in [0.717, 1.165) is 30.4 Å². The molecule has 8 heteroatoms. The summed E-state index contributed by atoms with van der Waals surface area (Å²) in [4.78, 5) is 29.1. The van der Waals surface area contributed by atoms with Gasteiger partial charge in [-0.25, -0.2) is 0 Å². The molecule has 2 aliphatic heterocycles. The SMILES string of the molecule is O=C(NCCN1CCN(C(=O)COc2ccc3ccccc3c2)CC1)c1ccc2c(c1)OCO2. The van der Waals surface area contributed by atoms with Gasteiger partial charge < -0.3 is 24.4 Å². The molecule has 5 rings (SSSR count). The van der Waals surface area contributed by atoms with Crippen LogP contribution in [0.1, 0.15) is 10.4 Å². The molecule has 0 unspecified atom stereocenters. The van der Waals surface area contributed by atoms with Crippen LogP contribution >= 0.6 is 0 Å². The summed E-state index contributed by atoms with van der Waals surface area (Å²) in [5, 5.41) is 5.18. The molecular formula is C26H27N3O5. The number of hydrogen-bond donors (Lipinski definition) is 1. The Kier molecular flexibility index (Phi) is 6.49. The third-order valence-electron chi connectivity index (χ3n) is 6.16. The van der Waals surface area contributed by atoms with Crippen molar-refractivity contribution in [3.05, 3.63) is 66.2 Å². The van der Waals surface area contributed by atoms with Crippen molar-refractivity contribution in [3.63, 3.8) is 0 Å². The Hall–Kier alpha value is -3.78. The first kappa shape index (κ1) is 22.0. The molecule has 0 spiro atoms. The van der Waals surface area contributed by atoms with Crippen molar-refractivity contribution in [2.45, 2.75) is 0 Å². The molecule has 1 N–H and O–H groups in total. The number of ether oxygens (including phenoxy) is 3. The fourth-order valence-electron chi connectivity index (χ4n) is 4.18. The number of amides is 2. The largest absolute Gasteiger partial charge is 0.484 e. The Morgan fingerprint density at radius 2 is 1.68 bits per heavy atom. The second-order valence-corrected chi connectivity index (χ2v) is 8.34. The minimum atomic E-state index is -0.141. The van der Waals surface area contributed by atoms with Crippen LogP contribution in [0.25, 0.3) is 10.8 Å². The lowest BCUT2D eigenvalue weighted by molar-refractivity contribution is -0.135. The van der Waals surface area contributed by atoms with Crippen LogP contribution in [-0.4, -0.2) is 74.3 Å². The Bertz CT molecular complexity index is 1190. The summed E-state index contributed by atoms with van der Waals surface area (Å²) >= 11 is 0. The highest BCUT2D eigenvalue weighted by Gasteiger charge is 2.22. The van der Waals surface area contributed by atoms with Gasteiger partial charge in [0.05, 0.1) is 0 Å². The molecule has 0 bridgehead atoms. The van der Waals surface area contributed by atoms with Gasteiger partial charge in [-0.3, -0.25) is 14.5 Å². The molecule has 3 aromatic carbocycles. The van der Waals surface area contributed by atoms with E-state index >= 15 is 0 Å². The van der Waals surface area contributed by atoms with Gasteiger partial charge in [-0.05, 0) is 41.1 Å². The number of hydrogen-bond acceptors (Lipinski definition) is 6. The third-order valence-corrected chi connectivity index (χ3v) is 6.16. The average molecular weight is 462 g/mol. The molecule has 1 fully saturated rings. The first-order valence-corrected chi connectivity index (χ1v) is 11.5. The molecule has 0 aromatic heterocycles. The lowest BCUT2D eigenvalue weighted by Crippen LogP contribution is -2.51. The predicted molar refractivity (Wildman–Crippen MR) is 127 cm³/mol. The van der Waals surface area contributed by atoms with Crippen molar-refractivity contribution in [1.82, 2.24) is 15.1 Å². The first-order chi connectivity index (χ1) is 16.7. The number of carbonyl (C=O) groups excluding carboxylic acids is 2. The molecule has 1 saturated heterocycles. The summed E-state index contributed by atoms with van der Waals surface area (Å²) in [5.74, 6) is 1.80. The number of benzene rings is 3. The van der Waals surface area contributed by atoms with Crippen LogP contribution in [0.3, 0.4) is 0 Å². The number of nitrogens with zero attached hydrogens (tertiary/aromatic N) is 2. The van der Waals surface area contributed by atoms with Gasteiger partial charge in [0.2, 0.25) is 6.79 Å². The topological polar surface area (TPSA) is 80.3 Å². The van der Waals surface area contributed by atoms with Gasteiger partial charge in [-0.1, -0.05) is 30.3 Å². The minimum Gasteiger partial charge on any atom is -0.484 e. The summed E-state index contributed by atoms with van der Waals surface area (Å²) < 4.78 is 16.3. The number of fused-ring (bicyclic) bond motifs is 2. The van der Waals surface area contributed by atoms with E-state index in [-0.39, 0.29) is 25.2 Å². The molecule has 8 nitrogen and oxygen atoms in total. The van der Waals surface area contributed by atoms with Crippen LogP contribution in [0.4, 0.5) is 0 Å². The lowest BCUT2D eigenvalue weighted by Gasteiger charge is -2.34. The van der Waals surface area contributed by atoms with Crippen LogP contribution in [0.5, 0.6) is 17.2 Å². The van der Waals surface area contributed by atoms with Crippen molar-refractivity contribution in [2.75, 3.05) is 52.7 Å². The zero-order valence-electron chi connectivity index (χ0n) is 18.9. The minimum absolute atomic E-state index is 0.0103. The number of rotatable bonds is 7. The van der Waals surface area contributed by atoms with Crippen molar-refractivity contribution >= 4 is 22.6 Å². The smallest absolute Gasteiger partial charge is 0.260 e. The van der Waals surface area contributed by atoms with E-state index in [9.17, 15) is 9.59 Å². The summed E-state index contributed by atoms with van der Waals surface area (Å²) in [6, 6.07) is 19.1. The maximum absolute atomic E-state index is 12.6. The highest BCUT2D eigenvalue weighted by molar-refractivity contribution is 5.95. The van der Waals surface area contributed by atoms with E-state index < -0.39 is 0 Å². The monoisotopic (exact) mass is 461 g/mol. The Balaban J connectivity index is 1.02. The maximum Gasteiger partial charge on any atom is 0.260 e. The van der Waals surface area contributed by atoms with Gasteiger partial charge in [-0.2, -0.15) is 0 Å². The number of nitrogens with one attached hydrogen (secondary N) is 1. The van der Waals surface area contributed by atoms with Crippen LogP contribution in [-0.2, 0) is 4.79 Å². The lowest BCUT2D eigenvalue weighted by atomic mass is 10.1. The summed E-state index contributed by atoms with van der Waals surface area (Å²) in [6.45, 7) is 4.31. The molecule has 0 saturated carbocycles. The molecule has 2 amide bonds. The number of piperazine rings is 1. The molecule has 0 atom stereocenters. The van der Waals surface area contributed by atoms with Gasteiger partial charge in [-0.15, -0.1) is 0 Å². The van der Waals surface area contributed by atoms with Gasteiger partial charge in [0.25, 0.3) is 11.8 Å². The Morgan fingerprint density at radius 3 is 2.53 bits per heavy atom. The van der Waals surface area contributed by atoms with Crippen LogP contribution < -0.4 is 19.5 Å². The van der Waals surface area contributed by atoms with E-state index in [4.69, 9.17) is 14.2 Å². The van der Waals surface area contributed by atoms with Gasteiger partial charge in [0.15, 0.2) is 18.1 Å². The fourth-order valence-corrected chi connectivity index (χ4v) is 4.18. The first-order valence-electron chi connectivity index (χ1n) is 11.5. The fraction of sp³-hybridized carbons (Fsp3) is 0.308. The van der Waals surface area contributed by atoms with Crippen molar-refractivity contribution in [3.8, 4) is 17.2 Å². The van der Waals surface area contributed by atoms with E-state index in [2.05, 4.69) is 10.2 Å². The average Bonchev–Trinajstić information content (AvgIpc) is 3.35. The van der Waals surface area contributed by atoms with Crippen LogP contribution in [0.15, 0.2) is 60.7 Å². The number of carbonyl (C=O) groups is 2. The van der Waals surface area contributed by atoms with E-state index in [0.29, 0.717) is 42.4 Å². The molecule has 176 valence electrons. The molecule has 2 aliphatic rings. The predicted octanol–water partition coefficient (Wildman–Crippen LogP) is 2.52. The molecular weight excluding hydrogens is 434 g/mol. The summed E-state index contributed by atoms with van der Waals surface area (Å²) in [7, 11) is 0. The molecule has 3 aromatic rings. The second kappa shape index (κ2) is 10.0. The normalized spacial score (nSPS) is 15.4. The molecule has 0 aliphatic carbocycles. The standard InChI is InChI=1S/C26H27N3O5/c30-25(17-32-22-7-5-19-3-1-2-4-20(19)15-22)29-13-11-28(12-14-29)10-9-27-26(31)21-6-8-23-24(16-21)34-18-33-23/h1-8,15-16H,9-14,17-18H2,(H,27,31). The quantitative estimate of drug-likeness (QED) is 0.583. The van der Waals surface area contributed by atoms with E-state index in [1.165, 1.54) is 0 Å². The summed E-state index contributed by atoms with van der Waals surface area (Å²) in [6.07, 6.45) is 0. The molecule has 2 heterocycles. The third kappa shape index (κ3) is 5.07. The highest BCUT2D eigenvalue weighted by atomic mass is 16.7. The highest BCUT2D eigenvalue weighted by Crippen LogP contribution is 2.32. The van der Waals surface area contributed by atoms with Crippen LogP contribution in [0, 0.1) is 0 Å². The Labute approximate surface area is 198 Å². The Morgan fingerprint density at radius 1 is 0.882 bits per heavy atom. The van der Waals surface area contributed by atoms with Crippen molar-refractivity contribution < 1.29 is 23.8 Å². The second-order valence-electron chi connectivity index (χ2n) is 8.34. The summed E-state index contributed by atoms with van der Waals surface area (Å²) in [5.41, 5.74) is 0.547. The molecule has 0 radical (unpaired) electrons. The maximum atomic E-state index is 12.6. The zero-order valence-corrected chi connectivity index (χ0v) is 18.9. The van der Waals surface area contributed by atoms with Gasteiger partial charge in [0.1, 0.15) is 5.75 Å². The van der Waals surface area contributed by atoms with E-state index in [1.807, 2.05) is 47.4 Å².